The minimum atomic E-state index is 0. The number of halogens is 1. The summed E-state index contributed by atoms with van der Waals surface area (Å²) in [4.78, 5) is 13.7. The fourth-order valence-corrected chi connectivity index (χ4v) is 3.44. The third-order valence-electron chi connectivity index (χ3n) is 4.84. The summed E-state index contributed by atoms with van der Waals surface area (Å²) in [6.07, 6.45) is 1.85. The first kappa shape index (κ1) is 24.9. The van der Waals surface area contributed by atoms with Crippen LogP contribution in [0.1, 0.15) is 33.3 Å². The maximum Gasteiger partial charge on any atom is 0.191 e. The van der Waals surface area contributed by atoms with Gasteiger partial charge in [0.1, 0.15) is 5.82 Å². The summed E-state index contributed by atoms with van der Waals surface area (Å²) in [6.45, 7) is 14.8. The molecule has 28 heavy (non-hydrogen) atoms. The summed E-state index contributed by atoms with van der Waals surface area (Å²) in [6, 6.07) is 5.18. The molecule has 1 saturated heterocycles. The maximum atomic E-state index is 5.46. The van der Waals surface area contributed by atoms with Crippen LogP contribution in [0.4, 0.5) is 5.82 Å². The summed E-state index contributed by atoms with van der Waals surface area (Å²) >= 11 is 0. The van der Waals surface area contributed by atoms with Crippen LogP contribution in [-0.4, -0.2) is 74.4 Å². The van der Waals surface area contributed by atoms with Gasteiger partial charge in [0.15, 0.2) is 5.96 Å². The molecular formula is C20H37IN6O. The molecule has 2 N–H and O–H groups in total. The Morgan fingerprint density at radius 1 is 1.21 bits per heavy atom. The number of guanidine groups is 1. The molecular weight excluding hydrogens is 467 g/mol. The molecule has 0 saturated carbocycles. The summed E-state index contributed by atoms with van der Waals surface area (Å²) in [5.74, 6) is 1.86. The standard InChI is InChI=1S/C20H36N6O.HI/c1-16(2)26(17(3)4)10-9-23-20(21-5)24-15-18-7-6-8-22-19(18)25-11-13-27-14-12-25;/h6-8,16-17H,9-15H2,1-5H3,(H2,21,23,24);1H. The van der Waals surface area contributed by atoms with Crippen LogP contribution in [0.25, 0.3) is 0 Å². The van der Waals surface area contributed by atoms with Gasteiger partial charge in [-0.05, 0) is 33.8 Å². The molecule has 0 aromatic carbocycles. The minimum Gasteiger partial charge on any atom is -0.378 e. The second kappa shape index (κ2) is 13.2. The average Bonchev–Trinajstić information content (AvgIpc) is 2.67. The van der Waals surface area contributed by atoms with Crippen LogP contribution in [0, 0.1) is 0 Å². The highest BCUT2D eigenvalue weighted by Gasteiger charge is 2.16. The third kappa shape index (κ3) is 7.71. The van der Waals surface area contributed by atoms with E-state index in [9.17, 15) is 0 Å². The van der Waals surface area contributed by atoms with Crippen LogP contribution < -0.4 is 15.5 Å². The summed E-state index contributed by atoms with van der Waals surface area (Å²) < 4.78 is 5.46. The van der Waals surface area contributed by atoms with Crippen LogP contribution in [0.3, 0.4) is 0 Å². The van der Waals surface area contributed by atoms with Gasteiger partial charge in [-0.2, -0.15) is 0 Å². The molecule has 0 aliphatic carbocycles. The Bertz CT molecular complexity index is 582. The molecule has 0 radical (unpaired) electrons. The van der Waals surface area contributed by atoms with E-state index in [4.69, 9.17) is 4.74 Å². The Balaban J connectivity index is 0.00000392. The number of hydrogen-bond donors (Lipinski definition) is 2. The molecule has 1 fully saturated rings. The van der Waals surface area contributed by atoms with Gasteiger partial charge in [-0.1, -0.05) is 6.07 Å². The van der Waals surface area contributed by atoms with E-state index in [0.717, 1.165) is 51.2 Å². The molecule has 2 rings (SSSR count). The number of aliphatic imine (C=N–C) groups is 1. The van der Waals surface area contributed by atoms with E-state index in [-0.39, 0.29) is 24.0 Å². The zero-order valence-corrected chi connectivity index (χ0v) is 20.3. The van der Waals surface area contributed by atoms with Gasteiger partial charge < -0.3 is 20.3 Å². The monoisotopic (exact) mass is 504 g/mol. The molecule has 8 heteroatoms. The van der Waals surface area contributed by atoms with Crippen molar-refractivity contribution in [2.75, 3.05) is 51.3 Å². The second-order valence-electron chi connectivity index (χ2n) is 7.36. The lowest BCUT2D eigenvalue weighted by Crippen LogP contribution is -2.45. The van der Waals surface area contributed by atoms with Crippen molar-refractivity contribution in [2.24, 2.45) is 4.99 Å². The first-order valence-electron chi connectivity index (χ1n) is 9.99. The van der Waals surface area contributed by atoms with Gasteiger partial charge in [0.25, 0.3) is 0 Å². The summed E-state index contributed by atoms with van der Waals surface area (Å²) in [5, 5.41) is 6.84. The normalized spacial score (nSPS) is 15.1. The van der Waals surface area contributed by atoms with Gasteiger partial charge >= 0.3 is 0 Å². The molecule has 1 aliphatic rings. The molecule has 1 aliphatic heterocycles. The van der Waals surface area contributed by atoms with E-state index in [0.29, 0.717) is 18.6 Å². The van der Waals surface area contributed by atoms with Crippen molar-refractivity contribution in [2.45, 2.75) is 46.3 Å². The van der Waals surface area contributed by atoms with Crippen LogP contribution in [-0.2, 0) is 11.3 Å². The largest absolute Gasteiger partial charge is 0.378 e. The lowest BCUT2D eigenvalue weighted by molar-refractivity contribution is 0.122. The van der Waals surface area contributed by atoms with E-state index in [1.165, 1.54) is 5.56 Å². The predicted octanol–water partition coefficient (Wildman–Crippen LogP) is 2.32. The smallest absolute Gasteiger partial charge is 0.191 e. The number of nitrogens with zero attached hydrogens (tertiary/aromatic N) is 4. The lowest BCUT2D eigenvalue weighted by atomic mass is 10.2. The zero-order chi connectivity index (χ0) is 19.6. The highest BCUT2D eigenvalue weighted by atomic mass is 127. The van der Waals surface area contributed by atoms with Crippen molar-refractivity contribution in [3.8, 4) is 0 Å². The van der Waals surface area contributed by atoms with Gasteiger partial charge in [0.05, 0.1) is 13.2 Å². The Kier molecular flexibility index (Phi) is 11.7. The molecule has 0 unspecified atom stereocenters. The number of ether oxygens (including phenoxy) is 1. The van der Waals surface area contributed by atoms with E-state index in [2.05, 4.69) is 64.2 Å². The predicted molar refractivity (Wildman–Crippen MR) is 128 cm³/mol. The lowest BCUT2D eigenvalue weighted by Gasteiger charge is -2.31. The highest BCUT2D eigenvalue weighted by Crippen LogP contribution is 2.18. The maximum absolute atomic E-state index is 5.46. The second-order valence-corrected chi connectivity index (χ2v) is 7.36. The molecule has 7 nitrogen and oxygen atoms in total. The van der Waals surface area contributed by atoms with Crippen LogP contribution in [0.15, 0.2) is 23.3 Å². The number of rotatable bonds is 8. The van der Waals surface area contributed by atoms with Crippen molar-refractivity contribution in [3.05, 3.63) is 23.9 Å². The van der Waals surface area contributed by atoms with Crippen molar-refractivity contribution < 1.29 is 4.74 Å². The molecule has 0 spiro atoms. The fraction of sp³-hybridized carbons (Fsp3) is 0.700. The third-order valence-corrected chi connectivity index (χ3v) is 4.84. The Morgan fingerprint density at radius 2 is 1.89 bits per heavy atom. The van der Waals surface area contributed by atoms with E-state index >= 15 is 0 Å². The number of pyridine rings is 1. The molecule has 160 valence electrons. The van der Waals surface area contributed by atoms with Crippen LogP contribution >= 0.6 is 24.0 Å². The Morgan fingerprint density at radius 3 is 2.50 bits per heavy atom. The molecule has 2 heterocycles. The molecule has 0 amide bonds. The Hall–Kier alpha value is -1.13. The fourth-order valence-electron chi connectivity index (χ4n) is 3.44. The van der Waals surface area contributed by atoms with E-state index in [1.54, 1.807) is 0 Å². The number of nitrogens with one attached hydrogen (secondary N) is 2. The number of morpholine rings is 1. The van der Waals surface area contributed by atoms with E-state index < -0.39 is 0 Å². The number of aromatic nitrogens is 1. The first-order valence-corrected chi connectivity index (χ1v) is 9.99. The van der Waals surface area contributed by atoms with E-state index in [1.807, 2.05) is 19.3 Å². The topological polar surface area (TPSA) is 65.0 Å². The minimum absolute atomic E-state index is 0. The highest BCUT2D eigenvalue weighted by molar-refractivity contribution is 14.0. The van der Waals surface area contributed by atoms with Gasteiger partial charge in [-0.3, -0.25) is 9.89 Å². The molecule has 1 aromatic rings. The van der Waals surface area contributed by atoms with Gasteiger partial charge in [0.2, 0.25) is 0 Å². The van der Waals surface area contributed by atoms with Crippen LogP contribution in [0.2, 0.25) is 0 Å². The first-order chi connectivity index (χ1) is 13.0. The van der Waals surface area contributed by atoms with Gasteiger partial charge in [-0.15, -0.1) is 24.0 Å². The van der Waals surface area contributed by atoms with Crippen LogP contribution in [0.5, 0.6) is 0 Å². The number of hydrogen-bond acceptors (Lipinski definition) is 5. The molecule has 0 atom stereocenters. The summed E-state index contributed by atoms with van der Waals surface area (Å²) in [7, 11) is 1.81. The SMILES string of the molecule is CN=C(NCCN(C(C)C)C(C)C)NCc1cccnc1N1CCOCC1.I. The van der Waals surface area contributed by atoms with Gasteiger partial charge in [-0.25, -0.2) is 4.98 Å². The van der Waals surface area contributed by atoms with Crippen molar-refractivity contribution in [1.82, 2.24) is 20.5 Å². The average molecular weight is 504 g/mol. The van der Waals surface area contributed by atoms with Crippen molar-refractivity contribution >= 4 is 35.8 Å². The number of anilines is 1. The Labute approximate surface area is 187 Å². The quantitative estimate of drug-likeness (QED) is 0.322. The van der Waals surface area contributed by atoms with Gasteiger partial charge in [0, 0.05) is 63.6 Å². The molecule has 1 aromatic heterocycles. The molecule has 0 bridgehead atoms. The zero-order valence-electron chi connectivity index (χ0n) is 17.9. The van der Waals surface area contributed by atoms with Crippen molar-refractivity contribution in [3.63, 3.8) is 0 Å². The summed E-state index contributed by atoms with van der Waals surface area (Å²) in [5.41, 5.74) is 1.17. The van der Waals surface area contributed by atoms with Crippen molar-refractivity contribution in [1.29, 1.82) is 0 Å².